The van der Waals surface area contributed by atoms with Gasteiger partial charge in [-0.3, -0.25) is 29.3 Å². The minimum atomic E-state index is -1.41. The van der Waals surface area contributed by atoms with E-state index in [9.17, 15) is 33.6 Å². The molecule has 1 heterocycles. The molecule has 15 heteroatoms. The lowest BCUT2D eigenvalue weighted by molar-refractivity contribution is -0.135. The van der Waals surface area contributed by atoms with Crippen LogP contribution in [-0.4, -0.2) is 60.2 Å². The Kier molecular flexibility index (Phi) is 16.2. The molecule has 1 aliphatic rings. The molecule has 0 bridgehead atoms. The standard InChI is InChI=1S/C25H40N6O6.C4H3NO2/c1-4-5-6-9-19(32)31-20(15(2)3)23(34)30-18(8-7-14-29-24(27)35)21(33)22(37-25(28)36)16-10-12-17(26)13-11-16;6-3-1-2-4(7)5-3/h10-13,15,18,20,22H,4-9,14,26H2,1-3H3,(H2,28,36)(H,30,34)(H,31,32)(H3,27,29,35);1-2H,(H,5,6,7). The molecular weight excluding hydrogens is 574 g/mol. The molecule has 0 saturated carbocycles. The van der Waals surface area contributed by atoms with E-state index in [1.54, 1.807) is 13.8 Å². The smallest absolute Gasteiger partial charge is 0.405 e. The van der Waals surface area contributed by atoms with Crippen molar-refractivity contribution in [2.45, 2.75) is 77.5 Å². The molecular formula is C29H43N7O8. The van der Waals surface area contributed by atoms with Crippen LogP contribution in [0.5, 0.6) is 0 Å². The summed E-state index contributed by atoms with van der Waals surface area (Å²) < 4.78 is 5.11. The van der Waals surface area contributed by atoms with Crippen LogP contribution >= 0.6 is 0 Å². The number of nitrogens with one attached hydrogen (secondary N) is 4. The summed E-state index contributed by atoms with van der Waals surface area (Å²) in [6.45, 7) is 5.73. The summed E-state index contributed by atoms with van der Waals surface area (Å²) in [6.07, 6.45) is 3.03. The van der Waals surface area contributed by atoms with Crippen LogP contribution in [0.2, 0.25) is 0 Å². The number of ketones is 1. The third-order valence-corrected chi connectivity index (χ3v) is 6.27. The Balaban J connectivity index is 0.00000120. The van der Waals surface area contributed by atoms with Gasteiger partial charge in [-0.25, -0.2) is 9.59 Å². The Labute approximate surface area is 256 Å². The Morgan fingerprint density at radius 2 is 1.52 bits per heavy atom. The van der Waals surface area contributed by atoms with Crippen LogP contribution in [0.4, 0.5) is 15.3 Å². The molecule has 10 N–H and O–H groups in total. The molecule has 7 amide bonds. The van der Waals surface area contributed by atoms with Crippen LogP contribution in [0.1, 0.15) is 71.0 Å². The first-order chi connectivity index (χ1) is 20.7. The molecule has 3 atom stereocenters. The number of urea groups is 1. The van der Waals surface area contributed by atoms with Gasteiger partial charge in [-0.15, -0.1) is 0 Å². The number of carbonyl (C=O) groups excluding carboxylic acids is 7. The van der Waals surface area contributed by atoms with Gasteiger partial charge in [-0.05, 0) is 37.3 Å². The number of ether oxygens (including phenoxy) is 1. The summed E-state index contributed by atoms with van der Waals surface area (Å²) in [5.41, 5.74) is 16.8. The van der Waals surface area contributed by atoms with Crippen molar-refractivity contribution in [2.24, 2.45) is 17.4 Å². The van der Waals surface area contributed by atoms with Crippen molar-refractivity contribution in [3.63, 3.8) is 0 Å². The summed E-state index contributed by atoms with van der Waals surface area (Å²) in [5, 5.41) is 9.89. The summed E-state index contributed by atoms with van der Waals surface area (Å²) >= 11 is 0. The Morgan fingerprint density at radius 1 is 0.909 bits per heavy atom. The van der Waals surface area contributed by atoms with E-state index in [0.717, 1.165) is 12.8 Å². The second-order valence-corrected chi connectivity index (χ2v) is 10.3. The van der Waals surface area contributed by atoms with Gasteiger partial charge >= 0.3 is 12.1 Å². The lowest BCUT2D eigenvalue weighted by Gasteiger charge is -2.27. The lowest BCUT2D eigenvalue weighted by atomic mass is 9.95. The molecule has 0 saturated heterocycles. The molecule has 0 aromatic heterocycles. The number of hydrogen-bond acceptors (Lipinski definition) is 9. The Morgan fingerprint density at radius 3 is 2.00 bits per heavy atom. The molecule has 242 valence electrons. The van der Waals surface area contributed by atoms with Gasteiger partial charge in [0.25, 0.3) is 11.8 Å². The van der Waals surface area contributed by atoms with Gasteiger partial charge in [0.2, 0.25) is 11.8 Å². The van der Waals surface area contributed by atoms with E-state index in [1.165, 1.54) is 36.4 Å². The molecule has 1 aromatic rings. The highest BCUT2D eigenvalue weighted by Gasteiger charge is 2.34. The second-order valence-electron chi connectivity index (χ2n) is 10.3. The SMILES string of the molecule is CCCCCC(=O)NC(C(=O)NC(CCCNC(N)=O)C(=O)C(OC(N)=O)c1ccc(N)cc1)C(C)C.O=C1C=CC(=O)N1. The number of carbonyl (C=O) groups is 7. The summed E-state index contributed by atoms with van der Waals surface area (Å²) in [7, 11) is 0. The van der Waals surface area contributed by atoms with Crippen molar-refractivity contribution in [1.29, 1.82) is 0 Å². The van der Waals surface area contributed by atoms with Gasteiger partial charge in [-0.2, -0.15) is 0 Å². The van der Waals surface area contributed by atoms with Gasteiger partial charge in [0.05, 0.1) is 6.04 Å². The fourth-order valence-corrected chi connectivity index (χ4v) is 4.00. The molecule has 15 nitrogen and oxygen atoms in total. The van der Waals surface area contributed by atoms with Crippen LogP contribution in [0.3, 0.4) is 0 Å². The zero-order chi connectivity index (χ0) is 33.2. The number of unbranched alkanes of at least 4 members (excludes halogenated alkanes) is 2. The number of nitrogen functional groups attached to an aromatic ring is 1. The number of Topliss-reactive ketones (excluding diaryl/α,β-unsaturated/α-hetero) is 1. The molecule has 3 unspecified atom stereocenters. The number of primary amides is 2. The van der Waals surface area contributed by atoms with E-state index >= 15 is 0 Å². The fourth-order valence-electron chi connectivity index (χ4n) is 4.00. The largest absolute Gasteiger partial charge is 0.433 e. The van der Waals surface area contributed by atoms with Crippen LogP contribution in [-0.2, 0) is 28.7 Å². The fraction of sp³-hybridized carbons (Fsp3) is 0.483. The normalized spacial score (nSPS) is 13.9. The zero-order valence-corrected chi connectivity index (χ0v) is 25.2. The van der Waals surface area contributed by atoms with Crippen LogP contribution in [0.25, 0.3) is 0 Å². The number of imide groups is 1. The van der Waals surface area contributed by atoms with E-state index in [0.29, 0.717) is 17.7 Å². The van der Waals surface area contributed by atoms with Crippen molar-refractivity contribution >= 4 is 47.2 Å². The van der Waals surface area contributed by atoms with Crippen LogP contribution < -0.4 is 38.5 Å². The molecule has 1 aromatic carbocycles. The molecule has 2 rings (SSSR count). The molecule has 0 spiro atoms. The van der Waals surface area contributed by atoms with Crippen LogP contribution in [0.15, 0.2) is 36.4 Å². The van der Waals surface area contributed by atoms with Crippen molar-refractivity contribution in [3.8, 4) is 0 Å². The minimum Gasteiger partial charge on any atom is -0.433 e. The Hall–Kier alpha value is -4.95. The number of benzene rings is 1. The van der Waals surface area contributed by atoms with E-state index in [4.69, 9.17) is 21.9 Å². The van der Waals surface area contributed by atoms with Crippen molar-refractivity contribution in [2.75, 3.05) is 12.3 Å². The van der Waals surface area contributed by atoms with Gasteiger partial charge in [0, 0.05) is 36.4 Å². The molecule has 0 radical (unpaired) electrons. The molecule has 0 fully saturated rings. The number of nitrogens with two attached hydrogens (primary N) is 3. The van der Waals surface area contributed by atoms with E-state index in [-0.39, 0.29) is 49.4 Å². The van der Waals surface area contributed by atoms with Crippen molar-refractivity contribution in [1.82, 2.24) is 21.3 Å². The van der Waals surface area contributed by atoms with Gasteiger partial charge < -0.3 is 37.9 Å². The predicted molar refractivity (Wildman–Crippen MR) is 161 cm³/mol. The summed E-state index contributed by atoms with van der Waals surface area (Å²) in [4.78, 5) is 81.8. The first-order valence-electron chi connectivity index (χ1n) is 14.3. The maximum absolute atomic E-state index is 13.5. The number of rotatable bonds is 16. The van der Waals surface area contributed by atoms with E-state index in [1.807, 2.05) is 12.2 Å². The third-order valence-electron chi connectivity index (χ3n) is 6.27. The van der Waals surface area contributed by atoms with Crippen molar-refractivity contribution in [3.05, 3.63) is 42.0 Å². The lowest BCUT2D eigenvalue weighted by Crippen LogP contribution is -2.54. The number of anilines is 1. The Bertz CT molecular complexity index is 1180. The highest BCUT2D eigenvalue weighted by Crippen LogP contribution is 2.23. The quantitative estimate of drug-likeness (QED) is 0.0786. The van der Waals surface area contributed by atoms with Gasteiger partial charge in [0.15, 0.2) is 11.9 Å². The molecule has 1 aliphatic heterocycles. The zero-order valence-electron chi connectivity index (χ0n) is 25.2. The topological polar surface area (TPSA) is 255 Å². The highest BCUT2D eigenvalue weighted by molar-refractivity contribution is 6.12. The molecule has 44 heavy (non-hydrogen) atoms. The first kappa shape index (κ1) is 37.1. The predicted octanol–water partition coefficient (Wildman–Crippen LogP) is 0.828. The maximum atomic E-state index is 13.5. The van der Waals surface area contributed by atoms with Crippen LogP contribution in [0, 0.1) is 5.92 Å². The third kappa shape index (κ3) is 14.3. The van der Waals surface area contributed by atoms with Gasteiger partial charge in [0.1, 0.15) is 6.04 Å². The number of amides is 7. The number of hydrogen-bond donors (Lipinski definition) is 7. The maximum Gasteiger partial charge on any atom is 0.405 e. The molecule has 0 aliphatic carbocycles. The summed E-state index contributed by atoms with van der Waals surface area (Å²) in [5.74, 6) is -2.37. The minimum absolute atomic E-state index is 0.0910. The van der Waals surface area contributed by atoms with Crippen molar-refractivity contribution < 1.29 is 38.3 Å². The first-order valence-corrected chi connectivity index (χ1v) is 14.3. The monoisotopic (exact) mass is 617 g/mol. The average molecular weight is 618 g/mol. The second kappa shape index (κ2) is 19.3. The average Bonchev–Trinajstić information content (AvgIpc) is 3.34. The van der Waals surface area contributed by atoms with E-state index in [2.05, 4.69) is 16.0 Å². The summed E-state index contributed by atoms with van der Waals surface area (Å²) in [6, 6.07) is 3.36. The van der Waals surface area contributed by atoms with Gasteiger partial charge in [-0.1, -0.05) is 45.7 Å². The van der Waals surface area contributed by atoms with E-state index < -0.39 is 42.0 Å². The highest BCUT2D eigenvalue weighted by atomic mass is 16.6.